The van der Waals surface area contributed by atoms with Crippen molar-refractivity contribution in [1.29, 1.82) is 0 Å². The number of nitrogens with zero attached hydrogens (tertiary/aromatic N) is 3. The average Bonchev–Trinajstić information content (AvgIpc) is 3.08. The maximum atomic E-state index is 12.2. The molecule has 0 spiro atoms. The van der Waals surface area contributed by atoms with Crippen molar-refractivity contribution in [2.24, 2.45) is 5.16 Å². The van der Waals surface area contributed by atoms with E-state index in [1.807, 2.05) is 97.9 Å². The van der Waals surface area contributed by atoms with Crippen molar-refractivity contribution >= 4 is 41.4 Å². The summed E-state index contributed by atoms with van der Waals surface area (Å²) in [4.78, 5) is 44.6. The highest BCUT2D eigenvalue weighted by molar-refractivity contribution is 6.13. The zero-order chi connectivity index (χ0) is 32.9. The summed E-state index contributed by atoms with van der Waals surface area (Å²) in [5.41, 5.74) is 5.16. The molecule has 0 radical (unpaired) electrons. The van der Waals surface area contributed by atoms with Crippen LogP contribution in [0.5, 0.6) is 0 Å². The third-order valence-electron chi connectivity index (χ3n) is 7.91. The standard InChI is InChI=1S/C21H22N2O3.C16H19NO3.ClH/c24-21(25)19-12-7-13-23(16-19)14-15-26-22-20(17-8-3-1-4-9-17)18-10-5-2-6-11-18;1-4-20-16(19)15-14(18)10-13(11(2)17(15)3)12-8-6-5-7-9-12;/h1-6,8-12H,7,13-16H2,(H,24,25);5-11,15H,4H2,1-3H3;1H. The lowest BCUT2D eigenvalue weighted by atomic mass is 9.90. The fourth-order valence-corrected chi connectivity index (χ4v) is 5.35. The van der Waals surface area contributed by atoms with Crippen molar-refractivity contribution < 1.29 is 29.1 Å². The predicted molar refractivity (Wildman–Crippen MR) is 186 cm³/mol. The smallest absolute Gasteiger partial charge is 0.332 e. The lowest BCUT2D eigenvalue weighted by molar-refractivity contribution is -0.152. The predicted octanol–water partition coefficient (Wildman–Crippen LogP) is 5.50. The number of ketones is 1. The van der Waals surface area contributed by atoms with E-state index < -0.39 is 18.0 Å². The molecule has 2 unspecified atom stereocenters. The highest BCUT2D eigenvalue weighted by Crippen LogP contribution is 2.28. The molecule has 248 valence electrons. The second-order valence-corrected chi connectivity index (χ2v) is 11.0. The summed E-state index contributed by atoms with van der Waals surface area (Å²) in [7, 11) is 1.78. The van der Waals surface area contributed by atoms with Gasteiger partial charge < -0.3 is 14.7 Å². The molecule has 0 aliphatic carbocycles. The minimum absolute atomic E-state index is 0. The van der Waals surface area contributed by atoms with Gasteiger partial charge in [-0.1, -0.05) is 102 Å². The number of hydrogen-bond donors (Lipinski definition) is 1. The Bertz CT molecular complexity index is 1520. The molecule has 2 atom stereocenters. The van der Waals surface area contributed by atoms with Gasteiger partial charge in [-0.15, -0.1) is 12.4 Å². The highest BCUT2D eigenvalue weighted by atomic mass is 35.5. The Morgan fingerprint density at radius 3 is 2.06 bits per heavy atom. The molecular weight excluding hydrogens is 618 g/mol. The topological polar surface area (TPSA) is 109 Å². The van der Waals surface area contributed by atoms with Gasteiger partial charge in [0.15, 0.2) is 11.8 Å². The number of carbonyl (C=O) groups excluding carboxylic acids is 2. The van der Waals surface area contributed by atoms with Crippen LogP contribution < -0.4 is 0 Å². The monoisotopic (exact) mass is 659 g/mol. The van der Waals surface area contributed by atoms with Gasteiger partial charge in [-0.25, -0.2) is 9.59 Å². The van der Waals surface area contributed by atoms with Crippen molar-refractivity contribution in [2.45, 2.75) is 32.4 Å². The SMILES string of the molecule is CCOC(=O)C1C(=O)C=C(c2ccccc2)C(C)N1C.Cl.O=C(O)C1=CCCN(CCON=C(c2ccccc2)c2ccccc2)C1. The molecule has 10 heteroatoms. The molecule has 9 nitrogen and oxygen atoms in total. The second-order valence-electron chi connectivity index (χ2n) is 11.0. The van der Waals surface area contributed by atoms with Crippen molar-refractivity contribution in [3.63, 3.8) is 0 Å². The van der Waals surface area contributed by atoms with Gasteiger partial charge in [0.1, 0.15) is 12.3 Å². The van der Waals surface area contributed by atoms with E-state index in [4.69, 9.17) is 14.7 Å². The van der Waals surface area contributed by atoms with Gasteiger partial charge in [0.2, 0.25) is 0 Å². The van der Waals surface area contributed by atoms with E-state index in [0.29, 0.717) is 25.3 Å². The van der Waals surface area contributed by atoms with Gasteiger partial charge in [-0.2, -0.15) is 0 Å². The molecular formula is C37H42ClN3O6. The number of carbonyl (C=O) groups is 3. The molecule has 2 aliphatic heterocycles. The van der Waals surface area contributed by atoms with E-state index in [0.717, 1.165) is 40.9 Å². The molecule has 2 heterocycles. The maximum Gasteiger partial charge on any atom is 0.332 e. The van der Waals surface area contributed by atoms with Gasteiger partial charge in [-0.05, 0) is 44.5 Å². The first-order valence-corrected chi connectivity index (χ1v) is 15.4. The number of benzene rings is 3. The second kappa shape index (κ2) is 18.5. The average molecular weight is 660 g/mol. The van der Waals surface area contributed by atoms with E-state index in [1.54, 1.807) is 31.0 Å². The van der Waals surface area contributed by atoms with Gasteiger partial charge in [0.05, 0.1) is 6.61 Å². The van der Waals surface area contributed by atoms with Crippen molar-refractivity contribution in [3.8, 4) is 0 Å². The summed E-state index contributed by atoms with van der Waals surface area (Å²) in [6.07, 6.45) is 4.12. The number of carboxylic acid groups (broad SMARTS) is 1. The molecule has 1 N–H and O–H groups in total. The number of likely N-dealkylation sites (N-methyl/N-ethyl adjacent to an activating group) is 1. The molecule has 0 bridgehead atoms. The Hall–Kier alpha value is -4.57. The van der Waals surface area contributed by atoms with Gasteiger partial charge in [0, 0.05) is 42.4 Å². The first-order valence-electron chi connectivity index (χ1n) is 15.4. The van der Waals surface area contributed by atoms with E-state index in [2.05, 4.69) is 10.1 Å². The van der Waals surface area contributed by atoms with Crippen molar-refractivity contribution in [2.75, 3.05) is 39.9 Å². The highest BCUT2D eigenvalue weighted by Gasteiger charge is 2.38. The number of aliphatic carboxylic acids is 1. The Morgan fingerprint density at radius 1 is 0.936 bits per heavy atom. The molecule has 5 rings (SSSR count). The molecule has 0 fully saturated rings. The van der Waals surface area contributed by atoms with Crippen LogP contribution in [0.2, 0.25) is 0 Å². The van der Waals surface area contributed by atoms with Gasteiger partial charge in [0.25, 0.3) is 0 Å². The Balaban J connectivity index is 0.000000259. The van der Waals surface area contributed by atoms with E-state index in [1.165, 1.54) is 0 Å². The molecule has 0 aromatic heterocycles. The quantitative estimate of drug-likeness (QED) is 0.1000. The Labute approximate surface area is 282 Å². The third-order valence-corrected chi connectivity index (χ3v) is 7.91. The van der Waals surface area contributed by atoms with Crippen molar-refractivity contribution in [3.05, 3.63) is 125 Å². The molecule has 2 aliphatic rings. The Kier molecular flexibility index (Phi) is 14.6. The number of ether oxygens (including phenoxy) is 1. The zero-order valence-corrected chi connectivity index (χ0v) is 27.8. The van der Waals surface area contributed by atoms with Crippen molar-refractivity contribution in [1.82, 2.24) is 9.80 Å². The van der Waals surface area contributed by atoms with E-state index >= 15 is 0 Å². The van der Waals surface area contributed by atoms with Crippen LogP contribution in [-0.2, 0) is 24.0 Å². The summed E-state index contributed by atoms with van der Waals surface area (Å²) in [5, 5.41) is 13.5. The molecule has 0 saturated heterocycles. The van der Waals surface area contributed by atoms with Gasteiger partial charge >= 0.3 is 11.9 Å². The number of carboxylic acids is 1. The molecule has 0 saturated carbocycles. The maximum absolute atomic E-state index is 12.2. The number of oxime groups is 1. The van der Waals surface area contributed by atoms with Crippen LogP contribution in [0.4, 0.5) is 0 Å². The van der Waals surface area contributed by atoms with Crippen LogP contribution in [0.3, 0.4) is 0 Å². The lowest BCUT2D eigenvalue weighted by Gasteiger charge is -2.35. The summed E-state index contributed by atoms with van der Waals surface area (Å²) in [5.74, 6) is -1.54. The fourth-order valence-electron chi connectivity index (χ4n) is 5.35. The molecule has 3 aromatic rings. The third kappa shape index (κ3) is 10.2. The fraction of sp³-hybridized carbons (Fsp3) is 0.297. The van der Waals surface area contributed by atoms with Crippen LogP contribution in [0, 0.1) is 0 Å². The molecule has 3 aromatic carbocycles. The van der Waals surface area contributed by atoms with Crippen LogP contribution in [0.1, 0.15) is 37.0 Å². The lowest BCUT2D eigenvalue weighted by Crippen LogP contribution is -2.52. The molecule has 47 heavy (non-hydrogen) atoms. The summed E-state index contributed by atoms with van der Waals surface area (Å²) >= 11 is 0. The summed E-state index contributed by atoms with van der Waals surface area (Å²) < 4.78 is 4.98. The largest absolute Gasteiger partial charge is 0.478 e. The first-order chi connectivity index (χ1) is 22.3. The molecule has 0 amide bonds. The minimum atomic E-state index is -0.843. The minimum Gasteiger partial charge on any atom is -0.478 e. The van der Waals surface area contributed by atoms with Gasteiger partial charge in [-0.3, -0.25) is 14.6 Å². The Morgan fingerprint density at radius 2 is 1.51 bits per heavy atom. The normalized spacial score (nSPS) is 17.9. The van der Waals surface area contributed by atoms with E-state index in [9.17, 15) is 14.4 Å². The van der Waals surface area contributed by atoms with Crippen LogP contribution in [-0.4, -0.2) is 90.3 Å². The van der Waals surface area contributed by atoms with Crippen LogP contribution >= 0.6 is 12.4 Å². The number of rotatable bonds is 10. The van der Waals surface area contributed by atoms with Crippen LogP contribution in [0.25, 0.3) is 5.57 Å². The summed E-state index contributed by atoms with van der Waals surface area (Å²) in [6, 6.07) is 28.7. The number of hydrogen-bond acceptors (Lipinski definition) is 8. The van der Waals surface area contributed by atoms with E-state index in [-0.39, 0.29) is 30.8 Å². The zero-order valence-electron chi connectivity index (χ0n) is 27.0. The van der Waals surface area contributed by atoms with Crippen LogP contribution in [0.15, 0.2) is 114 Å². The number of halogens is 1. The first kappa shape index (κ1) is 36.9. The number of esters is 1. The summed E-state index contributed by atoms with van der Waals surface area (Å²) in [6.45, 7) is 6.35.